The number of nitrogens with one attached hydrogen (secondary N) is 1. The fourth-order valence-electron chi connectivity index (χ4n) is 2.95. The van der Waals surface area contributed by atoms with Crippen LogP contribution in [-0.2, 0) is 9.59 Å². The Balaban J connectivity index is 0.00000109. The summed E-state index contributed by atoms with van der Waals surface area (Å²) in [6, 6.07) is 1.39. The molecule has 134 valence electrons. The van der Waals surface area contributed by atoms with Crippen molar-refractivity contribution in [1.29, 1.82) is 0 Å². The third-order valence-corrected chi connectivity index (χ3v) is 4.18. The molecule has 0 aromatic heterocycles. The lowest BCUT2D eigenvalue weighted by Gasteiger charge is -2.27. The van der Waals surface area contributed by atoms with Crippen molar-refractivity contribution < 1.29 is 23.6 Å². The molecule has 3 rings (SSSR count). The van der Waals surface area contributed by atoms with Crippen molar-refractivity contribution in [2.75, 3.05) is 0 Å². The van der Waals surface area contributed by atoms with Crippen LogP contribution >= 0.6 is 0 Å². The number of imide groups is 2. The van der Waals surface area contributed by atoms with Gasteiger partial charge in [-0.15, -0.1) is 0 Å². The summed E-state index contributed by atoms with van der Waals surface area (Å²) in [4.78, 5) is 48.9. The van der Waals surface area contributed by atoms with Gasteiger partial charge < -0.3 is 0 Å². The average Bonchev–Trinajstić information content (AvgIpc) is 2.80. The number of rotatable bonds is 2. The maximum atomic E-state index is 14.1. The molecule has 1 aromatic carbocycles. The zero-order valence-electron chi connectivity index (χ0n) is 14.7. The number of halogens is 1. The first kappa shape index (κ1) is 18.8. The molecule has 1 unspecified atom stereocenters. The van der Waals surface area contributed by atoms with Crippen LogP contribution in [-0.4, -0.2) is 34.6 Å². The fraction of sp³-hybridized carbons (Fsp3) is 0.444. The molecule has 0 aliphatic carbocycles. The van der Waals surface area contributed by atoms with Gasteiger partial charge in [-0.2, -0.15) is 0 Å². The summed E-state index contributed by atoms with van der Waals surface area (Å²) in [6.45, 7) is 7.56. The second-order valence-corrected chi connectivity index (χ2v) is 6.02. The quantitative estimate of drug-likeness (QED) is 0.832. The van der Waals surface area contributed by atoms with Gasteiger partial charge in [0, 0.05) is 6.42 Å². The Morgan fingerprint density at radius 1 is 1.08 bits per heavy atom. The van der Waals surface area contributed by atoms with E-state index in [9.17, 15) is 23.6 Å². The standard InChI is InChI=1S/C16H15FN2O4.C2H6/c1-7(2)8-5-9-10(6-11(8)17)16(23)19(15(9)22)12-3-4-13(20)18-14(12)21;1-2/h5-7,12H,3-4H2,1-2H3,(H,18,20,21);1-2H3. The minimum atomic E-state index is -1.04. The van der Waals surface area contributed by atoms with Crippen molar-refractivity contribution in [1.82, 2.24) is 10.2 Å². The van der Waals surface area contributed by atoms with Gasteiger partial charge in [0.05, 0.1) is 11.1 Å². The van der Waals surface area contributed by atoms with Crippen LogP contribution in [0.3, 0.4) is 0 Å². The molecule has 1 aromatic rings. The first-order valence-corrected chi connectivity index (χ1v) is 8.36. The number of carbonyl (C=O) groups excluding carboxylic acids is 4. The van der Waals surface area contributed by atoms with E-state index in [4.69, 9.17) is 0 Å². The Bertz CT molecular complexity index is 758. The predicted octanol–water partition coefficient (Wildman–Crippen LogP) is 2.38. The Kier molecular flexibility index (Phi) is 5.35. The van der Waals surface area contributed by atoms with Gasteiger partial charge >= 0.3 is 0 Å². The van der Waals surface area contributed by atoms with Crippen molar-refractivity contribution in [3.05, 3.63) is 34.6 Å². The van der Waals surface area contributed by atoms with Gasteiger partial charge in [0.1, 0.15) is 11.9 Å². The minimum absolute atomic E-state index is 0.0402. The summed E-state index contributed by atoms with van der Waals surface area (Å²) in [6.07, 6.45) is 0.130. The molecular formula is C18H21FN2O4. The van der Waals surface area contributed by atoms with Crippen LogP contribution in [0.25, 0.3) is 0 Å². The maximum absolute atomic E-state index is 14.1. The number of amides is 4. The fourth-order valence-corrected chi connectivity index (χ4v) is 2.95. The van der Waals surface area contributed by atoms with E-state index in [0.717, 1.165) is 11.0 Å². The van der Waals surface area contributed by atoms with Gasteiger partial charge in [-0.1, -0.05) is 27.7 Å². The Hall–Kier alpha value is -2.57. The zero-order chi connectivity index (χ0) is 18.9. The highest BCUT2D eigenvalue weighted by molar-refractivity contribution is 6.23. The van der Waals surface area contributed by atoms with Crippen molar-refractivity contribution in [3.63, 3.8) is 0 Å². The van der Waals surface area contributed by atoms with E-state index < -0.39 is 35.5 Å². The van der Waals surface area contributed by atoms with E-state index in [-0.39, 0.29) is 29.9 Å². The molecule has 1 fully saturated rings. The second-order valence-electron chi connectivity index (χ2n) is 6.02. The Morgan fingerprint density at radius 3 is 2.16 bits per heavy atom. The molecule has 2 heterocycles. The van der Waals surface area contributed by atoms with Crippen LogP contribution in [0.15, 0.2) is 12.1 Å². The summed E-state index contributed by atoms with van der Waals surface area (Å²) in [7, 11) is 0. The SMILES string of the molecule is CC.CC(C)c1cc2c(cc1F)C(=O)N(C1CCC(=O)NC1=O)C2=O. The monoisotopic (exact) mass is 348 g/mol. The summed E-state index contributed by atoms with van der Waals surface area (Å²) in [5, 5.41) is 2.12. The van der Waals surface area contributed by atoms with Crippen molar-refractivity contribution in [3.8, 4) is 0 Å². The van der Waals surface area contributed by atoms with E-state index in [1.54, 1.807) is 13.8 Å². The molecule has 2 aliphatic heterocycles. The highest BCUT2D eigenvalue weighted by Gasteiger charge is 2.45. The summed E-state index contributed by atoms with van der Waals surface area (Å²) in [5.41, 5.74) is 0.404. The van der Waals surface area contributed by atoms with E-state index in [1.165, 1.54) is 6.07 Å². The molecule has 7 heteroatoms. The predicted molar refractivity (Wildman–Crippen MR) is 88.5 cm³/mol. The summed E-state index contributed by atoms with van der Waals surface area (Å²) >= 11 is 0. The number of fused-ring (bicyclic) bond motifs is 1. The van der Waals surface area contributed by atoms with Gasteiger partial charge in [0.25, 0.3) is 11.8 Å². The molecule has 0 spiro atoms. The highest BCUT2D eigenvalue weighted by atomic mass is 19.1. The van der Waals surface area contributed by atoms with Crippen LogP contribution in [0.2, 0.25) is 0 Å². The molecule has 0 radical (unpaired) electrons. The van der Waals surface area contributed by atoms with Crippen molar-refractivity contribution in [2.45, 2.75) is 52.5 Å². The number of benzene rings is 1. The third-order valence-electron chi connectivity index (χ3n) is 4.18. The van der Waals surface area contributed by atoms with E-state index in [2.05, 4.69) is 5.32 Å². The lowest BCUT2D eigenvalue weighted by molar-refractivity contribution is -0.136. The normalized spacial score (nSPS) is 19.6. The molecule has 0 saturated carbocycles. The first-order valence-electron chi connectivity index (χ1n) is 8.36. The molecular weight excluding hydrogens is 327 g/mol. The highest BCUT2D eigenvalue weighted by Crippen LogP contribution is 2.31. The van der Waals surface area contributed by atoms with E-state index in [0.29, 0.717) is 5.56 Å². The van der Waals surface area contributed by atoms with Gasteiger partial charge in [-0.25, -0.2) is 4.39 Å². The molecule has 0 bridgehead atoms. The average molecular weight is 348 g/mol. The van der Waals surface area contributed by atoms with Crippen LogP contribution < -0.4 is 5.32 Å². The molecule has 25 heavy (non-hydrogen) atoms. The topological polar surface area (TPSA) is 83.6 Å². The van der Waals surface area contributed by atoms with Crippen LogP contribution in [0.1, 0.15) is 72.7 Å². The van der Waals surface area contributed by atoms with Crippen molar-refractivity contribution in [2.24, 2.45) is 0 Å². The first-order chi connectivity index (χ1) is 11.8. The minimum Gasteiger partial charge on any atom is -0.295 e. The number of hydrogen-bond acceptors (Lipinski definition) is 4. The summed E-state index contributed by atoms with van der Waals surface area (Å²) in [5.74, 6) is -3.13. The van der Waals surface area contributed by atoms with Gasteiger partial charge in [0.2, 0.25) is 11.8 Å². The number of piperidine rings is 1. The molecule has 6 nitrogen and oxygen atoms in total. The maximum Gasteiger partial charge on any atom is 0.262 e. The van der Waals surface area contributed by atoms with Gasteiger partial charge in [-0.05, 0) is 30.0 Å². The largest absolute Gasteiger partial charge is 0.295 e. The van der Waals surface area contributed by atoms with Gasteiger partial charge in [0.15, 0.2) is 0 Å². The van der Waals surface area contributed by atoms with Crippen LogP contribution in [0.4, 0.5) is 4.39 Å². The van der Waals surface area contributed by atoms with Crippen LogP contribution in [0, 0.1) is 5.82 Å². The number of carbonyl (C=O) groups is 4. The lowest BCUT2D eigenvalue weighted by Crippen LogP contribution is -2.54. The number of hydrogen-bond donors (Lipinski definition) is 1. The van der Waals surface area contributed by atoms with E-state index in [1.807, 2.05) is 13.8 Å². The molecule has 1 N–H and O–H groups in total. The Labute approximate surface area is 145 Å². The van der Waals surface area contributed by atoms with Gasteiger partial charge in [-0.3, -0.25) is 29.4 Å². The molecule has 1 saturated heterocycles. The van der Waals surface area contributed by atoms with E-state index >= 15 is 0 Å². The van der Waals surface area contributed by atoms with Crippen LogP contribution in [0.5, 0.6) is 0 Å². The molecule has 4 amide bonds. The smallest absolute Gasteiger partial charge is 0.262 e. The Morgan fingerprint density at radius 2 is 1.64 bits per heavy atom. The lowest BCUT2D eigenvalue weighted by atomic mass is 9.97. The second kappa shape index (κ2) is 7.13. The molecule has 1 atom stereocenters. The zero-order valence-corrected chi connectivity index (χ0v) is 14.7. The third kappa shape index (κ3) is 3.18. The molecule has 2 aliphatic rings. The summed E-state index contributed by atoms with van der Waals surface area (Å²) < 4.78 is 14.1. The number of nitrogens with zero attached hydrogens (tertiary/aromatic N) is 1. The van der Waals surface area contributed by atoms with Crippen molar-refractivity contribution >= 4 is 23.6 Å².